The highest BCUT2D eigenvalue weighted by Gasteiger charge is 2.59. The van der Waals surface area contributed by atoms with E-state index in [-0.39, 0.29) is 18.4 Å². The lowest BCUT2D eigenvalue weighted by molar-refractivity contribution is -0.157. The van der Waals surface area contributed by atoms with E-state index in [2.05, 4.69) is 30.3 Å². The molecule has 2 aliphatic rings. The van der Waals surface area contributed by atoms with Gasteiger partial charge in [0.1, 0.15) is 5.41 Å². The van der Waals surface area contributed by atoms with E-state index in [0.717, 1.165) is 10.9 Å². The molecule has 4 rings (SSSR count). The minimum Gasteiger partial charge on any atom is -0.468 e. The molecule has 1 heterocycles. The van der Waals surface area contributed by atoms with Crippen molar-refractivity contribution in [2.24, 2.45) is 5.41 Å². The third-order valence-electron chi connectivity index (χ3n) is 5.81. The van der Waals surface area contributed by atoms with Crippen LogP contribution in [0.3, 0.4) is 0 Å². The molecule has 0 radical (unpaired) electrons. The zero-order valence-electron chi connectivity index (χ0n) is 14.9. The Bertz CT molecular complexity index is 858. The second-order valence-corrected chi connectivity index (χ2v) is 7.39. The molecule has 2 aromatic carbocycles. The summed E-state index contributed by atoms with van der Waals surface area (Å²) in [6.07, 6.45) is 1.13. The number of aliphatic hydroxyl groups is 1. The van der Waals surface area contributed by atoms with Gasteiger partial charge in [-0.2, -0.15) is 0 Å². The van der Waals surface area contributed by atoms with E-state index in [4.69, 9.17) is 4.74 Å². The molecule has 0 unspecified atom stereocenters. The van der Waals surface area contributed by atoms with Crippen molar-refractivity contribution in [1.82, 2.24) is 4.90 Å². The van der Waals surface area contributed by atoms with E-state index in [1.807, 2.05) is 12.1 Å². The lowest BCUT2D eigenvalue weighted by Crippen LogP contribution is -2.50. The zero-order valence-corrected chi connectivity index (χ0v) is 14.9. The summed E-state index contributed by atoms with van der Waals surface area (Å²) >= 11 is 0. The number of nitrogens with zero attached hydrogens (tertiary/aromatic N) is 1. The van der Waals surface area contributed by atoms with Gasteiger partial charge in [-0.15, -0.1) is 0 Å². The van der Waals surface area contributed by atoms with Crippen molar-refractivity contribution in [2.45, 2.75) is 31.3 Å². The number of amides is 1. The second kappa shape index (κ2) is 6.40. The fourth-order valence-electron chi connectivity index (χ4n) is 4.07. The molecule has 2 fully saturated rings. The van der Waals surface area contributed by atoms with Crippen molar-refractivity contribution in [3.63, 3.8) is 0 Å². The number of esters is 1. The number of aliphatic hydroxyl groups excluding tert-OH is 1. The average molecular weight is 353 g/mol. The van der Waals surface area contributed by atoms with Gasteiger partial charge >= 0.3 is 5.97 Å². The maximum absolute atomic E-state index is 12.8. The summed E-state index contributed by atoms with van der Waals surface area (Å²) in [5.41, 5.74) is 0.0990. The van der Waals surface area contributed by atoms with E-state index in [0.29, 0.717) is 25.8 Å². The smallest absolute Gasteiger partial charge is 0.321 e. The number of fused-ring (bicyclic) bond motifs is 1. The summed E-state index contributed by atoms with van der Waals surface area (Å²) < 4.78 is 4.80. The molecule has 2 aromatic rings. The molecule has 1 saturated heterocycles. The van der Waals surface area contributed by atoms with Crippen LogP contribution >= 0.6 is 0 Å². The van der Waals surface area contributed by atoms with Crippen molar-refractivity contribution in [2.75, 3.05) is 20.2 Å². The number of piperidine rings is 1. The Balaban J connectivity index is 1.49. The first-order valence-corrected chi connectivity index (χ1v) is 9.10. The Labute approximate surface area is 152 Å². The number of β-amino-alcohol motifs (C(OH)–C–C–N with tert-alkyl or cyclic N) is 1. The van der Waals surface area contributed by atoms with Gasteiger partial charge in [-0.25, -0.2) is 0 Å². The SMILES string of the molecule is COC(=O)C1(C(=O)N2CC[C@@H](c3ccc4ccccc4c3)[C@H](O)C2)CC1. The van der Waals surface area contributed by atoms with Crippen LogP contribution in [0.5, 0.6) is 0 Å². The van der Waals surface area contributed by atoms with E-state index < -0.39 is 17.5 Å². The third-order valence-corrected chi connectivity index (χ3v) is 5.81. The molecule has 5 heteroatoms. The molecule has 2 atom stereocenters. The van der Waals surface area contributed by atoms with Gasteiger partial charge in [-0.1, -0.05) is 42.5 Å². The molecule has 1 amide bonds. The highest BCUT2D eigenvalue weighted by Crippen LogP contribution is 2.49. The third kappa shape index (κ3) is 2.76. The molecule has 0 spiro atoms. The van der Waals surface area contributed by atoms with Gasteiger partial charge in [0.15, 0.2) is 0 Å². The Morgan fingerprint density at radius 1 is 1.15 bits per heavy atom. The monoisotopic (exact) mass is 353 g/mol. The first-order chi connectivity index (χ1) is 12.5. The van der Waals surface area contributed by atoms with E-state index in [1.165, 1.54) is 12.5 Å². The number of ether oxygens (including phenoxy) is 1. The van der Waals surface area contributed by atoms with E-state index in [1.54, 1.807) is 4.90 Å². The van der Waals surface area contributed by atoms with Gasteiger partial charge in [0.25, 0.3) is 0 Å². The number of methoxy groups -OCH3 is 1. The number of hydrogen-bond acceptors (Lipinski definition) is 4. The molecule has 1 aliphatic heterocycles. The van der Waals surface area contributed by atoms with E-state index >= 15 is 0 Å². The van der Waals surface area contributed by atoms with Crippen molar-refractivity contribution < 1.29 is 19.4 Å². The molecule has 5 nitrogen and oxygen atoms in total. The number of carbonyl (C=O) groups is 2. The molecule has 26 heavy (non-hydrogen) atoms. The van der Waals surface area contributed by atoms with E-state index in [9.17, 15) is 14.7 Å². The van der Waals surface area contributed by atoms with Crippen LogP contribution in [0, 0.1) is 5.41 Å². The van der Waals surface area contributed by atoms with Crippen molar-refractivity contribution >= 4 is 22.6 Å². The van der Waals surface area contributed by atoms with Crippen molar-refractivity contribution in [3.05, 3.63) is 48.0 Å². The number of rotatable bonds is 3. The Hall–Kier alpha value is -2.40. The molecule has 0 aromatic heterocycles. The fourth-order valence-corrected chi connectivity index (χ4v) is 4.07. The molecular formula is C21H23NO4. The normalized spacial score (nSPS) is 24.3. The van der Waals surface area contributed by atoms with Crippen LogP contribution in [-0.4, -0.2) is 48.2 Å². The molecular weight excluding hydrogens is 330 g/mol. The topological polar surface area (TPSA) is 66.8 Å². The molecule has 136 valence electrons. The van der Waals surface area contributed by atoms with Gasteiger partial charge < -0.3 is 14.7 Å². The van der Waals surface area contributed by atoms with Crippen LogP contribution in [0.4, 0.5) is 0 Å². The maximum Gasteiger partial charge on any atom is 0.321 e. The molecule has 1 N–H and O–H groups in total. The maximum atomic E-state index is 12.8. The van der Waals surface area contributed by atoms with Crippen LogP contribution in [0.2, 0.25) is 0 Å². The molecule has 0 bridgehead atoms. The lowest BCUT2D eigenvalue weighted by atomic mass is 9.85. The van der Waals surface area contributed by atoms with Gasteiger partial charge in [-0.05, 0) is 35.6 Å². The standard InChI is InChI=1S/C21H23NO4/c1-26-20(25)21(9-10-21)19(24)22-11-8-17(18(23)13-22)16-7-6-14-4-2-3-5-15(14)12-16/h2-7,12,17-18,23H,8-11,13H2,1H3/t17-,18+/m0/s1. The summed E-state index contributed by atoms with van der Waals surface area (Å²) in [4.78, 5) is 26.3. The van der Waals surface area contributed by atoms with Crippen LogP contribution in [-0.2, 0) is 14.3 Å². The summed E-state index contributed by atoms with van der Waals surface area (Å²) in [6, 6.07) is 14.4. The number of hydrogen-bond donors (Lipinski definition) is 1. The minimum atomic E-state index is -0.996. The second-order valence-electron chi connectivity index (χ2n) is 7.39. The Morgan fingerprint density at radius 3 is 2.54 bits per heavy atom. The molecule has 1 aliphatic carbocycles. The average Bonchev–Trinajstić information content (AvgIpc) is 3.48. The Kier molecular flexibility index (Phi) is 4.19. The highest BCUT2D eigenvalue weighted by molar-refractivity contribution is 6.05. The van der Waals surface area contributed by atoms with Gasteiger partial charge in [0.05, 0.1) is 13.2 Å². The number of benzene rings is 2. The van der Waals surface area contributed by atoms with Crippen LogP contribution in [0.1, 0.15) is 30.7 Å². The minimum absolute atomic E-state index is 0.00284. The van der Waals surface area contributed by atoms with Gasteiger partial charge in [-0.3, -0.25) is 9.59 Å². The van der Waals surface area contributed by atoms with Crippen LogP contribution in [0.15, 0.2) is 42.5 Å². The van der Waals surface area contributed by atoms with Crippen LogP contribution in [0.25, 0.3) is 10.8 Å². The lowest BCUT2D eigenvalue weighted by Gasteiger charge is -2.37. The summed E-state index contributed by atoms with van der Waals surface area (Å²) in [7, 11) is 1.32. The summed E-state index contributed by atoms with van der Waals surface area (Å²) in [5, 5.41) is 13.0. The first kappa shape index (κ1) is 17.0. The largest absolute Gasteiger partial charge is 0.468 e. The van der Waals surface area contributed by atoms with Crippen LogP contribution < -0.4 is 0 Å². The highest BCUT2D eigenvalue weighted by atomic mass is 16.5. The van der Waals surface area contributed by atoms with Crippen molar-refractivity contribution in [3.8, 4) is 0 Å². The quantitative estimate of drug-likeness (QED) is 0.680. The summed E-state index contributed by atoms with van der Waals surface area (Å²) in [6.45, 7) is 0.807. The number of likely N-dealkylation sites (tertiary alicyclic amines) is 1. The Morgan fingerprint density at radius 2 is 1.88 bits per heavy atom. The van der Waals surface area contributed by atoms with Gasteiger partial charge in [0, 0.05) is 19.0 Å². The predicted octanol–water partition coefficient (Wildman–Crippen LogP) is 2.47. The summed E-state index contributed by atoms with van der Waals surface area (Å²) in [5.74, 6) is -0.647. The molecule has 1 saturated carbocycles. The van der Waals surface area contributed by atoms with Gasteiger partial charge in [0.2, 0.25) is 5.91 Å². The first-order valence-electron chi connectivity index (χ1n) is 9.10. The fraction of sp³-hybridized carbons (Fsp3) is 0.429. The van der Waals surface area contributed by atoms with Crippen molar-refractivity contribution in [1.29, 1.82) is 0 Å². The predicted molar refractivity (Wildman–Crippen MR) is 97.6 cm³/mol. The zero-order chi connectivity index (χ0) is 18.3. The number of carbonyl (C=O) groups excluding carboxylic acids is 2.